The number of hydrogen-bond acceptors (Lipinski definition) is 4. The third-order valence-corrected chi connectivity index (χ3v) is 2.77. The Balaban J connectivity index is 2.07. The van der Waals surface area contributed by atoms with Gasteiger partial charge in [0.15, 0.2) is 0 Å². The molecule has 104 valence electrons. The van der Waals surface area contributed by atoms with Crippen LogP contribution in [0.1, 0.15) is 12.5 Å². The monoisotopic (exact) mass is 272 g/mol. The highest BCUT2D eigenvalue weighted by molar-refractivity contribution is 5.61. The normalized spacial score (nSPS) is 10.2. The SMILES string of the molecule is CCOCc1cccc(Nc2ccc([N+](=O)[O-])cc2)c1. The molecule has 0 amide bonds. The van der Waals surface area contributed by atoms with Gasteiger partial charge in [-0.1, -0.05) is 12.1 Å². The van der Waals surface area contributed by atoms with Crippen molar-refractivity contribution in [1.29, 1.82) is 0 Å². The van der Waals surface area contributed by atoms with Crippen LogP contribution in [0.5, 0.6) is 0 Å². The Morgan fingerprint density at radius 3 is 2.55 bits per heavy atom. The quantitative estimate of drug-likeness (QED) is 0.640. The van der Waals surface area contributed by atoms with Crippen LogP contribution in [0.15, 0.2) is 48.5 Å². The van der Waals surface area contributed by atoms with Crippen LogP contribution in [0.2, 0.25) is 0 Å². The lowest BCUT2D eigenvalue weighted by atomic mass is 10.2. The lowest BCUT2D eigenvalue weighted by Gasteiger charge is -2.08. The number of benzene rings is 2. The van der Waals surface area contributed by atoms with Gasteiger partial charge in [0.2, 0.25) is 0 Å². The van der Waals surface area contributed by atoms with Crippen molar-refractivity contribution in [3.8, 4) is 0 Å². The average Bonchev–Trinajstić information content (AvgIpc) is 2.46. The molecule has 0 aromatic heterocycles. The summed E-state index contributed by atoms with van der Waals surface area (Å²) >= 11 is 0. The molecule has 0 aliphatic heterocycles. The van der Waals surface area contributed by atoms with Crippen LogP contribution in [0.3, 0.4) is 0 Å². The number of nitro groups is 1. The van der Waals surface area contributed by atoms with E-state index in [4.69, 9.17) is 4.74 Å². The second kappa shape index (κ2) is 6.68. The average molecular weight is 272 g/mol. The maximum Gasteiger partial charge on any atom is 0.269 e. The Kier molecular flexibility index (Phi) is 4.68. The zero-order chi connectivity index (χ0) is 14.4. The smallest absolute Gasteiger partial charge is 0.269 e. The van der Waals surface area contributed by atoms with Crippen LogP contribution in [0.4, 0.5) is 17.1 Å². The summed E-state index contributed by atoms with van der Waals surface area (Å²) in [5.74, 6) is 0. The van der Waals surface area contributed by atoms with Crippen LogP contribution in [0, 0.1) is 10.1 Å². The number of hydrogen-bond donors (Lipinski definition) is 1. The lowest BCUT2D eigenvalue weighted by Crippen LogP contribution is -1.95. The minimum Gasteiger partial charge on any atom is -0.377 e. The highest BCUT2D eigenvalue weighted by Gasteiger charge is 2.04. The van der Waals surface area contributed by atoms with E-state index in [-0.39, 0.29) is 5.69 Å². The van der Waals surface area contributed by atoms with E-state index < -0.39 is 4.92 Å². The molecular formula is C15H16N2O3. The topological polar surface area (TPSA) is 64.4 Å². The molecule has 20 heavy (non-hydrogen) atoms. The third-order valence-electron chi connectivity index (χ3n) is 2.77. The van der Waals surface area contributed by atoms with Gasteiger partial charge in [-0.05, 0) is 36.8 Å². The van der Waals surface area contributed by atoms with E-state index in [9.17, 15) is 10.1 Å². The second-order valence-electron chi connectivity index (χ2n) is 4.27. The van der Waals surface area contributed by atoms with E-state index in [2.05, 4.69) is 5.32 Å². The summed E-state index contributed by atoms with van der Waals surface area (Å²) in [5, 5.41) is 13.8. The van der Waals surface area contributed by atoms with Crippen molar-refractivity contribution in [1.82, 2.24) is 0 Å². The first-order valence-electron chi connectivity index (χ1n) is 6.37. The lowest BCUT2D eigenvalue weighted by molar-refractivity contribution is -0.384. The largest absolute Gasteiger partial charge is 0.377 e. The number of nitrogens with zero attached hydrogens (tertiary/aromatic N) is 1. The number of nitro benzene ring substituents is 1. The predicted octanol–water partition coefficient (Wildman–Crippen LogP) is 3.87. The van der Waals surface area contributed by atoms with Crippen molar-refractivity contribution in [2.45, 2.75) is 13.5 Å². The second-order valence-corrected chi connectivity index (χ2v) is 4.27. The van der Waals surface area contributed by atoms with Crippen LogP contribution in [-0.2, 0) is 11.3 Å². The standard InChI is InChI=1S/C15H16N2O3/c1-2-20-11-12-4-3-5-14(10-12)16-13-6-8-15(9-7-13)17(18)19/h3-10,16H,2,11H2,1H3. The molecule has 0 unspecified atom stereocenters. The first-order chi connectivity index (χ1) is 9.69. The number of non-ortho nitro benzene ring substituents is 1. The Labute approximate surface area is 117 Å². The molecule has 0 saturated carbocycles. The number of anilines is 2. The van der Waals surface area contributed by atoms with Gasteiger partial charge in [-0.2, -0.15) is 0 Å². The fourth-order valence-corrected chi connectivity index (χ4v) is 1.79. The van der Waals surface area contributed by atoms with Crippen LogP contribution in [0.25, 0.3) is 0 Å². The molecule has 0 aliphatic carbocycles. The van der Waals surface area contributed by atoms with Gasteiger partial charge in [-0.15, -0.1) is 0 Å². The van der Waals surface area contributed by atoms with Gasteiger partial charge < -0.3 is 10.1 Å². The van der Waals surface area contributed by atoms with Crippen molar-refractivity contribution in [3.05, 3.63) is 64.2 Å². The van der Waals surface area contributed by atoms with E-state index in [1.807, 2.05) is 31.2 Å². The predicted molar refractivity (Wildman–Crippen MR) is 78.2 cm³/mol. The van der Waals surface area contributed by atoms with Crippen molar-refractivity contribution >= 4 is 17.1 Å². The number of nitrogens with one attached hydrogen (secondary N) is 1. The van der Waals surface area contributed by atoms with Gasteiger partial charge in [0.05, 0.1) is 11.5 Å². The Bertz CT molecular complexity index is 582. The highest BCUT2D eigenvalue weighted by atomic mass is 16.6. The van der Waals surface area contributed by atoms with Gasteiger partial charge >= 0.3 is 0 Å². The van der Waals surface area contributed by atoms with Gasteiger partial charge in [0.1, 0.15) is 0 Å². The summed E-state index contributed by atoms with van der Waals surface area (Å²) in [4.78, 5) is 10.2. The summed E-state index contributed by atoms with van der Waals surface area (Å²) in [6.45, 7) is 3.21. The first kappa shape index (κ1) is 14.0. The molecule has 0 fully saturated rings. The van der Waals surface area contributed by atoms with Crippen molar-refractivity contribution in [2.24, 2.45) is 0 Å². The third kappa shape index (κ3) is 3.80. The zero-order valence-corrected chi connectivity index (χ0v) is 11.2. The Morgan fingerprint density at radius 2 is 1.90 bits per heavy atom. The van der Waals surface area contributed by atoms with Crippen LogP contribution in [-0.4, -0.2) is 11.5 Å². The van der Waals surface area contributed by atoms with E-state index >= 15 is 0 Å². The van der Waals surface area contributed by atoms with Gasteiger partial charge in [-0.3, -0.25) is 10.1 Å². The summed E-state index contributed by atoms with van der Waals surface area (Å²) in [6.07, 6.45) is 0. The van der Waals surface area contributed by atoms with Gasteiger partial charge in [0.25, 0.3) is 5.69 Å². The molecular weight excluding hydrogens is 256 g/mol. The van der Waals surface area contributed by atoms with Crippen molar-refractivity contribution in [3.63, 3.8) is 0 Å². The van der Waals surface area contributed by atoms with E-state index in [0.717, 1.165) is 16.9 Å². The molecule has 2 aromatic rings. The molecule has 2 rings (SSSR count). The van der Waals surface area contributed by atoms with Crippen molar-refractivity contribution in [2.75, 3.05) is 11.9 Å². The van der Waals surface area contributed by atoms with Crippen molar-refractivity contribution < 1.29 is 9.66 Å². The minimum atomic E-state index is -0.410. The molecule has 0 aliphatic rings. The minimum absolute atomic E-state index is 0.0839. The molecule has 0 atom stereocenters. The molecule has 1 N–H and O–H groups in total. The molecule has 0 radical (unpaired) electrons. The fraction of sp³-hybridized carbons (Fsp3) is 0.200. The number of rotatable bonds is 6. The zero-order valence-electron chi connectivity index (χ0n) is 11.2. The molecule has 2 aromatic carbocycles. The van der Waals surface area contributed by atoms with E-state index in [0.29, 0.717) is 13.2 Å². The van der Waals surface area contributed by atoms with Crippen LogP contribution >= 0.6 is 0 Å². The first-order valence-corrected chi connectivity index (χ1v) is 6.37. The molecule has 0 bridgehead atoms. The van der Waals surface area contributed by atoms with Crippen LogP contribution < -0.4 is 5.32 Å². The number of ether oxygens (including phenoxy) is 1. The van der Waals surface area contributed by atoms with Gasteiger partial charge in [0, 0.05) is 30.1 Å². The molecule has 0 spiro atoms. The maximum absolute atomic E-state index is 10.6. The summed E-state index contributed by atoms with van der Waals surface area (Å²) in [5.41, 5.74) is 2.90. The summed E-state index contributed by atoms with van der Waals surface area (Å²) < 4.78 is 5.36. The maximum atomic E-state index is 10.6. The molecule has 5 heteroatoms. The summed E-state index contributed by atoms with van der Waals surface area (Å²) in [7, 11) is 0. The molecule has 0 heterocycles. The molecule has 5 nitrogen and oxygen atoms in total. The summed E-state index contributed by atoms with van der Waals surface area (Å²) in [6, 6.07) is 14.2. The fourth-order valence-electron chi connectivity index (χ4n) is 1.79. The molecule has 0 saturated heterocycles. The highest BCUT2D eigenvalue weighted by Crippen LogP contribution is 2.20. The Morgan fingerprint density at radius 1 is 1.15 bits per heavy atom. The van der Waals surface area contributed by atoms with E-state index in [1.54, 1.807) is 12.1 Å². The van der Waals surface area contributed by atoms with E-state index in [1.165, 1.54) is 12.1 Å². The Hall–Kier alpha value is -2.40. The van der Waals surface area contributed by atoms with Gasteiger partial charge in [-0.25, -0.2) is 0 Å².